The Kier molecular flexibility index (Phi) is 8.16. The third-order valence-electron chi connectivity index (χ3n) is 4.06. The van der Waals surface area contributed by atoms with Gasteiger partial charge in [0.05, 0.1) is 13.7 Å². The minimum absolute atomic E-state index is 0.0718. The Bertz CT molecular complexity index is 717. The second-order valence-corrected chi connectivity index (χ2v) is 6.20. The van der Waals surface area contributed by atoms with Crippen molar-refractivity contribution in [1.82, 2.24) is 10.6 Å². The zero-order valence-electron chi connectivity index (χ0n) is 15.9. The molecular formula is C21H27N3O3. The van der Waals surface area contributed by atoms with Crippen molar-refractivity contribution in [3.05, 3.63) is 60.2 Å². The number of imide groups is 1. The van der Waals surface area contributed by atoms with Crippen LogP contribution in [0, 0.1) is 0 Å². The summed E-state index contributed by atoms with van der Waals surface area (Å²) in [4.78, 5) is 26.1. The molecule has 2 N–H and O–H groups in total. The van der Waals surface area contributed by atoms with Crippen LogP contribution in [-0.2, 0) is 11.3 Å². The van der Waals surface area contributed by atoms with E-state index in [4.69, 9.17) is 4.74 Å². The minimum Gasteiger partial charge on any atom is -0.497 e. The number of nitrogens with one attached hydrogen (secondary N) is 2. The average molecular weight is 369 g/mol. The number of carbonyl (C=O) groups is 2. The molecule has 0 aliphatic carbocycles. The molecule has 2 aromatic carbocycles. The van der Waals surface area contributed by atoms with E-state index < -0.39 is 6.03 Å². The van der Waals surface area contributed by atoms with Gasteiger partial charge in [0.25, 0.3) is 0 Å². The number of nitrogens with zero attached hydrogens (tertiary/aromatic N) is 1. The van der Waals surface area contributed by atoms with Gasteiger partial charge in [0.2, 0.25) is 5.91 Å². The lowest BCUT2D eigenvalue weighted by Gasteiger charge is -2.24. The fourth-order valence-corrected chi connectivity index (χ4v) is 2.60. The molecule has 27 heavy (non-hydrogen) atoms. The summed E-state index contributed by atoms with van der Waals surface area (Å²) in [6, 6.07) is 16.9. The Hall–Kier alpha value is -3.02. The maximum absolute atomic E-state index is 12.3. The number of urea groups is 1. The Labute approximate surface area is 160 Å². The van der Waals surface area contributed by atoms with Crippen LogP contribution < -0.4 is 20.3 Å². The topological polar surface area (TPSA) is 70.7 Å². The Morgan fingerprint density at radius 3 is 2.37 bits per heavy atom. The molecule has 144 valence electrons. The molecule has 0 saturated carbocycles. The number of unbranched alkanes of at least 4 members (excludes halogenated alkanes) is 1. The van der Waals surface area contributed by atoms with Crippen molar-refractivity contribution in [2.45, 2.75) is 26.3 Å². The fourth-order valence-electron chi connectivity index (χ4n) is 2.60. The van der Waals surface area contributed by atoms with E-state index in [9.17, 15) is 9.59 Å². The number of carbonyl (C=O) groups excluding carboxylic acids is 2. The Balaban J connectivity index is 2.04. The van der Waals surface area contributed by atoms with Crippen molar-refractivity contribution in [3.63, 3.8) is 0 Å². The molecule has 0 radical (unpaired) electrons. The summed E-state index contributed by atoms with van der Waals surface area (Å²) in [7, 11) is 1.61. The maximum atomic E-state index is 12.3. The number of anilines is 1. The molecule has 6 heteroatoms. The molecule has 0 aromatic heterocycles. The molecule has 2 aromatic rings. The Morgan fingerprint density at radius 2 is 1.74 bits per heavy atom. The number of hydrogen-bond acceptors (Lipinski definition) is 4. The van der Waals surface area contributed by atoms with E-state index in [1.807, 2.05) is 66.4 Å². The van der Waals surface area contributed by atoms with Gasteiger partial charge in [0.1, 0.15) is 5.75 Å². The first-order chi connectivity index (χ1) is 13.1. The van der Waals surface area contributed by atoms with Gasteiger partial charge in [-0.2, -0.15) is 0 Å². The summed E-state index contributed by atoms with van der Waals surface area (Å²) in [5, 5.41) is 5.08. The van der Waals surface area contributed by atoms with E-state index in [0.717, 1.165) is 29.8 Å². The molecule has 0 spiro atoms. The van der Waals surface area contributed by atoms with Gasteiger partial charge in [0.15, 0.2) is 0 Å². The largest absolute Gasteiger partial charge is 0.497 e. The average Bonchev–Trinajstić information content (AvgIpc) is 2.68. The SMILES string of the molecule is CCCCNC(=O)NC(=O)CN(Cc1ccccc1)c1ccc(OC)cc1. The van der Waals surface area contributed by atoms with Gasteiger partial charge in [-0.15, -0.1) is 0 Å². The molecule has 3 amide bonds. The highest BCUT2D eigenvalue weighted by Crippen LogP contribution is 2.21. The van der Waals surface area contributed by atoms with Crippen LogP contribution in [0.2, 0.25) is 0 Å². The molecule has 0 aliphatic heterocycles. The Morgan fingerprint density at radius 1 is 1.04 bits per heavy atom. The van der Waals surface area contributed by atoms with E-state index in [-0.39, 0.29) is 12.5 Å². The predicted molar refractivity (Wildman–Crippen MR) is 107 cm³/mol. The second kappa shape index (κ2) is 10.9. The number of hydrogen-bond donors (Lipinski definition) is 2. The van der Waals surface area contributed by atoms with Gasteiger partial charge in [-0.25, -0.2) is 4.79 Å². The van der Waals surface area contributed by atoms with Crippen molar-refractivity contribution in [2.24, 2.45) is 0 Å². The minimum atomic E-state index is -0.456. The molecule has 0 heterocycles. The van der Waals surface area contributed by atoms with E-state index >= 15 is 0 Å². The predicted octanol–water partition coefficient (Wildman–Crippen LogP) is 3.33. The van der Waals surface area contributed by atoms with E-state index in [2.05, 4.69) is 10.6 Å². The first-order valence-electron chi connectivity index (χ1n) is 9.13. The van der Waals surface area contributed by atoms with E-state index in [0.29, 0.717) is 13.1 Å². The quantitative estimate of drug-likeness (QED) is 0.665. The summed E-state index contributed by atoms with van der Waals surface area (Å²) in [6.07, 6.45) is 1.87. The van der Waals surface area contributed by atoms with Crippen LogP contribution in [0.4, 0.5) is 10.5 Å². The van der Waals surface area contributed by atoms with Crippen LogP contribution in [0.5, 0.6) is 5.75 Å². The van der Waals surface area contributed by atoms with Crippen molar-refractivity contribution in [1.29, 1.82) is 0 Å². The van der Waals surface area contributed by atoms with E-state index in [1.165, 1.54) is 0 Å². The van der Waals surface area contributed by atoms with Gasteiger partial charge in [0, 0.05) is 18.8 Å². The maximum Gasteiger partial charge on any atom is 0.321 e. The zero-order chi connectivity index (χ0) is 19.5. The third-order valence-corrected chi connectivity index (χ3v) is 4.06. The second-order valence-electron chi connectivity index (χ2n) is 6.20. The first-order valence-corrected chi connectivity index (χ1v) is 9.13. The highest BCUT2D eigenvalue weighted by atomic mass is 16.5. The van der Waals surface area contributed by atoms with Gasteiger partial charge in [-0.05, 0) is 36.2 Å². The van der Waals surface area contributed by atoms with Crippen molar-refractivity contribution >= 4 is 17.6 Å². The highest BCUT2D eigenvalue weighted by Gasteiger charge is 2.14. The number of amides is 3. The molecule has 0 aliphatic rings. The zero-order valence-corrected chi connectivity index (χ0v) is 15.9. The summed E-state index contributed by atoms with van der Waals surface area (Å²) >= 11 is 0. The summed E-state index contributed by atoms with van der Waals surface area (Å²) in [5.41, 5.74) is 1.95. The van der Waals surface area contributed by atoms with Crippen LogP contribution in [0.3, 0.4) is 0 Å². The molecule has 2 rings (SSSR count). The van der Waals surface area contributed by atoms with Crippen molar-refractivity contribution in [2.75, 3.05) is 25.1 Å². The monoisotopic (exact) mass is 369 g/mol. The molecule has 0 unspecified atom stereocenters. The van der Waals surface area contributed by atoms with Crippen LogP contribution in [0.15, 0.2) is 54.6 Å². The molecule has 0 bridgehead atoms. The van der Waals surface area contributed by atoms with Crippen LogP contribution in [-0.4, -0.2) is 32.1 Å². The van der Waals surface area contributed by atoms with E-state index in [1.54, 1.807) is 7.11 Å². The van der Waals surface area contributed by atoms with Crippen LogP contribution in [0.1, 0.15) is 25.3 Å². The third kappa shape index (κ3) is 7.01. The normalized spacial score (nSPS) is 10.1. The number of methoxy groups -OCH3 is 1. The molecule has 0 atom stereocenters. The molecule has 0 fully saturated rings. The standard InChI is InChI=1S/C21H27N3O3/c1-3-4-14-22-21(26)23-20(25)16-24(15-17-8-6-5-7-9-17)18-10-12-19(27-2)13-11-18/h5-13H,3-4,14-16H2,1-2H3,(H2,22,23,25,26). The van der Waals surface area contributed by atoms with Gasteiger partial charge in [-0.3, -0.25) is 10.1 Å². The first kappa shape index (κ1) is 20.3. The fraction of sp³-hybridized carbons (Fsp3) is 0.333. The van der Waals surface area contributed by atoms with Gasteiger partial charge in [-0.1, -0.05) is 43.7 Å². The summed E-state index contributed by atoms with van der Waals surface area (Å²) < 4.78 is 5.20. The van der Waals surface area contributed by atoms with Gasteiger partial charge < -0.3 is 15.0 Å². The lowest BCUT2D eigenvalue weighted by molar-refractivity contribution is -0.118. The van der Waals surface area contributed by atoms with Crippen molar-refractivity contribution < 1.29 is 14.3 Å². The smallest absolute Gasteiger partial charge is 0.321 e. The lowest BCUT2D eigenvalue weighted by Crippen LogP contribution is -2.44. The number of ether oxygens (including phenoxy) is 1. The molecular weight excluding hydrogens is 342 g/mol. The van der Waals surface area contributed by atoms with Crippen LogP contribution >= 0.6 is 0 Å². The summed E-state index contributed by atoms with van der Waals surface area (Å²) in [6.45, 7) is 3.23. The van der Waals surface area contributed by atoms with Crippen LogP contribution in [0.25, 0.3) is 0 Å². The molecule has 6 nitrogen and oxygen atoms in total. The summed E-state index contributed by atoms with van der Waals surface area (Å²) in [5.74, 6) is 0.397. The number of rotatable bonds is 9. The highest BCUT2D eigenvalue weighted by molar-refractivity contribution is 5.96. The van der Waals surface area contributed by atoms with Gasteiger partial charge >= 0.3 is 6.03 Å². The lowest BCUT2D eigenvalue weighted by atomic mass is 10.2. The number of benzene rings is 2. The van der Waals surface area contributed by atoms with Crippen molar-refractivity contribution in [3.8, 4) is 5.75 Å². The molecule has 0 saturated heterocycles.